The van der Waals surface area contributed by atoms with Gasteiger partial charge in [-0.1, -0.05) is 60.7 Å². The van der Waals surface area contributed by atoms with Crippen LogP contribution in [0.4, 0.5) is 5.69 Å². The van der Waals surface area contributed by atoms with Crippen LogP contribution < -0.4 is 5.32 Å². The molecule has 0 unspecified atom stereocenters. The van der Waals surface area contributed by atoms with Crippen molar-refractivity contribution >= 4 is 17.6 Å². The maximum absolute atomic E-state index is 12.3. The van der Waals surface area contributed by atoms with Crippen molar-refractivity contribution in [1.29, 1.82) is 0 Å². The first-order valence-electron chi connectivity index (χ1n) is 9.85. The summed E-state index contributed by atoms with van der Waals surface area (Å²) in [6.07, 6.45) is 0.139. The highest BCUT2D eigenvalue weighted by atomic mass is 16.5. The highest BCUT2D eigenvalue weighted by Gasteiger charge is 2.12. The Morgan fingerprint density at radius 1 is 0.867 bits per heavy atom. The molecular formula is C25H25NO4. The second-order valence-electron chi connectivity index (χ2n) is 7.09. The van der Waals surface area contributed by atoms with Crippen molar-refractivity contribution in [2.24, 2.45) is 0 Å². The van der Waals surface area contributed by atoms with Crippen LogP contribution in [0, 0.1) is 0 Å². The molecule has 0 atom stereocenters. The predicted octanol–water partition coefficient (Wildman–Crippen LogP) is 5.07. The van der Waals surface area contributed by atoms with Crippen molar-refractivity contribution in [3.8, 4) is 11.1 Å². The summed E-state index contributed by atoms with van der Waals surface area (Å²) in [6.45, 7) is 4.06. The number of rotatable bonds is 8. The monoisotopic (exact) mass is 403 g/mol. The lowest BCUT2D eigenvalue weighted by molar-refractivity contribution is -0.119. The first-order valence-corrected chi connectivity index (χ1v) is 9.85. The fourth-order valence-electron chi connectivity index (χ4n) is 2.86. The molecule has 3 aromatic rings. The van der Waals surface area contributed by atoms with Gasteiger partial charge in [-0.15, -0.1) is 0 Å². The van der Waals surface area contributed by atoms with E-state index in [9.17, 15) is 9.59 Å². The van der Waals surface area contributed by atoms with Crippen molar-refractivity contribution < 1.29 is 19.1 Å². The molecule has 0 radical (unpaired) electrons. The normalized spacial score (nSPS) is 10.6. The van der Waals surface area contributed by atoms with Crippen molar-refractivity contribution in [2.45, 2.75) is 26.6 Å². The maximum Gasteiger partial charge on any atom is 0.338 e. The van der Waals surface area contributed by atoms with Gasteiger partial charge in [0.1, 0.15) is 0 Å². The van der Waals surface area contributed by atoms with Gasteiger partial charge in [0.25, 0.3) is 5.91 Å². The zero-order valence-electron chi connectivity index (χ0n) is 17.1. The van der Waals surface area contributed by atoms with E-state index in [0.717, 1.165) is 16.7 Å². The fraction of sp³-hybridized carbons (Fsp3) is 0.200. The second kappa shape index (κ2) is 10.4. The molecule has 0 bridgehead atoms. The van der Waals surface area contributed by atoms with Crippen LogP contribution in [-0.2, 0) is 20.9 Å². The van der Waals surface area contributed by atoms with Gasteiger partial charge in [-0.25, -0.2) is 4.79 Å². The van der Waals surface area contributed by atoms with Crippen molar-refractivity contribution in [1.82, 2.24) is 0 Å². The van der Waals surface area contributed by atoms with E-state index in [1.807, 2.05) is 80.6 Å². The molecule has 3 rings (SSSR count). The average Bonchev–Trinajstić information content (AvgIpc) is 2.77. The number of para-hydroxylation sites is 1. The van der Waals surface area contributed by atoms with Gasteiger partial charge < -0.3 is 14.8 Å². The first-order chi connectivity index (χ1) is 14.5. The predicted molar refractivity (Wildman–Crippen MR) is 117 cm³/mol. The second-order valence-corrected chi connectivity index (χ2v) is 7.09. The molecule has 0 aliphatic heterocycles. The minimum Gasteiger partial charge on any atom is -0.452 e. The Kier molecular flexibility index (Phi) is 7.35. The van der Waals surface area contributed by atoms with E-state index in [1.54, 1.807) is 12.1 Å². The van der Waals surface area contributed by atoms with Gasteiger partial charge in [-0.3, -0.25) is 4.79 Å². The number of nitrogens with one attached hydrogen (secondary N) is 1. The topological polar surface area (TPSA) is 64.6 Å². The first kappa shape index (κ1) is 21.3. The lowest BCUT2D eigenvalue weighted by Gasteiger charge is -2.12. The average molecular weight is 403 g/mol. The zero-order chi connectivity index (χ0) is 21.3. The molecule has 5 nitrogen and oxygen atoms in total. The summed E-state index contributed by atoms with van der Waals surface area (Å²) < 4.78 is 10.7. The molecule has 30 heavy (non-hydrogen) atoms. The molecule has 0 aliphatic carbocycles. The Morgan fingerprint density at radius 2 is 1.53 bits per heavy atom. The molecule has 0 heterocycles. The summed E-state index contributed by atoms with van der Waals surface area (Å²) in [6, 6.07) is 24.2. The van der Waals surface area contributed by atoms with Crippen LogP contribution in [0.3, 0.4) is 0 Å². The molecule has 1 amide bonds. The van der Waals surface area contributed by atoms with Crippen LogP contribution in [0.1, 0.15) is 29.8 Å². The number of benzene rings is 3. The number of ether oxygens (including phenoxy) is 2. The minimum atomic E-state index is -0.544. The molecule has 1 N–H and O–H groups in total. The fourth-order valence-corrected chi connectivity index (χ4v) is 2.86. The van der Waals surface area contributed by atoms with Gasteiger partial charge in [-0.2, -0.15) is 0 Å². The van der Waals surface area contributed by atoms with Crippen molar-refractivity contribution in [2.75, 3.05) is 11.9 Å². The van der Waals surface area contributed by atoms with Crippen molar-refractivity contribution in [3.05, 3.63) is 90.0 Å². The number of anilines is 1. The molecule has 0 fully saturated rings. The Labute approximate surface area is 176 Å². The molecule has 0 aromatic heterocycles. The summed E-state index contributed by atoms with van der Waals surface area (Å²) in [7, 11) is 0. The van der Waals surface area contributed by atoms with Gasteiger partial charge in [0.15, 0.2) is 6.61 Å². The quantitative estimate of drug-likeness (QED) is 0.533. The highest BCUT2D eigenvalue weighted by molar-refractivity contribution is 5.98. The molecule has 3 aromatic carbocycles. The maximum atomic E-state index is 12.3. The molecular weight excluding hydrogens is 378 g/mol. The van der Waals surface area contributed by atoms with Gasteiger partial charge >= 0.3 is 5.97 Å². The Balaban J connectivity index is 1.56. The zero-order valence-corrected chi connectivity index (χ0v) is 17.1. The molecule has 154 valence electrons. The lowest BCUT2D eigenvalue weighted by Crippen LogP contribution is -2.21. The van der Waals surface area contributed by atoms with Crippen LogP contribution in [-0.4, -0.2) is 24.6 Å². The molecule has 0 saturated carbocycles. The van der Waals surface area contributed by atoms with E-state index in [4.69, 9.17) is 9.47 Å². The largest absolute Gasteiger partial charge is 0.452 e. The van der Waals surface area contributed by atoms with E-state index in [2.05, 4.69) is 5.32 Å². The summed E-state index contributed by atoms with van der Waals surface area (Å²) >= 11 is 0. The summed E-state index contributed by atoms with van der Waals surface area (Å²) in [5.74, 6) is -0.938. The third-order valence-corrected chi connectivity index (χ3v) is 4.39. The number of carbonyl (C=O) groups is 2. The number of hydrogen-bond donors (Lipinski definition) is 1. The van der Waals surface area contributed by atoms with E-state index in [1.165, 1.54) is 0 Å². The third kappa shape index (κ3) is 6.03. The van der Waals surface area contributed by atoms with Crippen LogP contribution >= 0.6 is 0 Å². The third-order valence-electron chi connectivity index (χ3n) is 4.39. The Morgan fingerprint density at radius 3 is 2.23 bits per heavy atom. The van der Waals surface area contributed by atoms with Gasteiger partial charge in [0, 0.05) is 11.3 Å². The number of hydrogen-bond acceptors (Lipinski definition) is 4. The number of carbonyl (C=O) groups excluding carboxylic acids is 2. The Bertz CT molecular complexity index is 982. The molecule has 0 aliphatic rings. The molecule has 0 spiro atoms. The molecule has 5 heteroatoms. The number of amides is 1. The SMILES string of the molecule is CC(C)OCc1ccc(C(=O)OCC(=O)Nc2ccccc2-c2ccccc2)cc1. The smallest absolute Gasteiger partial charge is 0.338 e. The minimum absolute atomic E-state index is 0.139. The van der Waals surface area contributed by atoms with E-state index < -0.39 is 11.9 Å². The highest BCUT2D eigenvalue weighted by Crippen LogP contribution is 2.27. The lowest BCUT2D eigenvalue weighted by atomic mass is 10.0. The van der Waals surface area contributed by atoms with E-state index >= 15 is 0 Å². The van der Waals surface area contributed by atoms with Gasteiger partial charge in [0.05, 0.1) is 18.3 Å². The van der Waals surface area contributed by atoms with Crippen LogP contribution in [0.15, 0.2) is 78.9 Å². The molecule has 0 saturated heterocycles. The van der Waals surface area contributed by atoms with Crippen LogP contribution in [0.25, 0.3) is 11.1 Å². The van der Waals surface area contributed by atoms with Crippen LogP contribution in [0.2, 0.25) is 0 Å². The summed E-state index contributed by atoms with van der Waals surface area (Å²) in [5.41, 5.74) is 3.92. The summed E-state index contributed by atoms with van der Waals surface area (Å²) in [4.78, 5) is 24.6. The summed E-state index contributed by atoms with van der Waals surface area (Å²) in [5, 5.41) is 2.82. The van der Waals surface area contributed by atoms with E-state index in [-0.39, 0.29) is 12.7 Å². The van der Waals surface area contributed by atoms with Crippen molar-refractivity contribution in [3.63, 3.8) is 0 Å². The van der Waals surface area contributed by atoms with Gasteiger partial charge in [0.2, 0.25) is 0 Å². The number of esters is 1. The standard InChI is InChI=1S/C25H25NO4/c1-18(2)29-16-19-12-14-21(15-13-19)25(28)30-17-24(27)26-23-11-7-6-10-22(23)20-8-4-3-5-9-20/h3-15,18H,16-17H2,1-2H3,(H,26,27). The van der Waals surface area contributed by atoms with Gasteiger partial charge in [-0.05, 0) is 43.2 Å². The van der Waals surface area contributed by atoms with Crippen LogP contribution in [0.5, 0.6) is 0 Å². The Hall–Kier alpha value is -3.44. The van der Waals surface area contributed by atoms with E-state index in [0.29, 0.717) is 17.9 Å².